The smallest absolute Gasteiger partial charge is 0.123 e. The van der Waals surface area contributed by atoms with Crippen molar-refractivity contribution >= 4 is 17.2 Å². The van der Waals surface area contributed by atoms with Crippen LogP contribution in [0.5, 0.6) is 0 Å². The average Bonchev–Trinajstić information content (AvgIpc) is 2.26. The van der Waals surface area contributed by atoms with Crippen LogP contribution in [0.15, 0.2) is 18.2 Å². The molecular weight excluding hydrogens is 229 g/mol. The molecule has 3 nitrogen and oxygen atoms in total. The van der Waals surface area contributed by atoms with Gasteiger partial charge in [-0.15, -0.1) is 0 Å². The van der Waals surface area contributed by atoms with E-state index in [1.54, 1.807) is 13.2 Å². The quantitative estimate of drug-likeness (QED) is 0.609. The zero-order valence-corrected chi connectivity index (χ0v) is 9.85. The van der Waals surface area contributed by atoms with E-state index in [1.807, 2.05) is 0 Å². The van der Waals surface area contributed by atoms with Crippen LogP contribution in [0.4, 0.5) is 4.39 Å². The molecule has 0 saturated carbocycles. The highest BCUT2D eigenvalue weighted by molar-refractivity contribution is 7.80. The van der Waals surface area contributed by atoms with Gasteiger partial charge < -0.3 is 15.2 Å². The molecule has 1 aromatic carbocycles. The van der Waals surface area contributed by atoms with Gasteiger partial charge in [0.1, 0.15) is 10.8 Å². The normalized spacial score (nSPS) is 10.4. The molecule has 0 aliphatic carbocycles. The molecule has 0 radical (unpaired) electrons. The van der Waals surface area contributed by atoms with Crippen molar-refractivity contribution in [2.24, 2.45) is 5.73 Å². The predicted molar refractivity (Wildman–Crippen MR) is 63.8 cm³/mol. The van der Waals surface area contributed by atoms with Crippen molar-refractivity contribution in [2.75, 3.05) is 20.3 Å². The van der Waals surface area contributed by atoms with Gasteiger partial charge in [0, 0.05) is 12.7 Å². The SMILES string of the molecule is COCCOCc1ccc(F)cc1C(N)=S. The maximum Gasteiger partial charge on any atom is 0.123 e. The highest BCUT2D eigenvalue weighted by Gasteiger charge is 2.06. The maximum absolute atomic E-state index is 13.0. The summed E-state index contributed by atoms with van der Waals surface area (Å²) in [7, 11) is 1.60. The van der Waals surface area contributed by atoms with Crippen molar-refractivity contribution in [3.63, 3.8) is 0 Å². The van der Waals surface area contributed by atoms with Crippen LogP contribution in [0.1, 0.15) is 11.1 Å². The Balaban J connectivity index is 2.67. The van der Waals surface area contributed by atoms with E-state index < -0.39 is 0 Å². The molecule has 0 atom stereocenters. The van der Waals surface area contributed by atoms with Gasteiger partial charge in [-0.05, 0) is 17.7 Å². The highest BCUT2D eigenvalue weighted by atomic mass is 32.1. The molecule has 88 valence electrons. The maximum atomic E-state index is 13.0. The Bertz CT molecular complexity index is 371. The second-order valence-corrected chi connectivity index (χ2v) is 3.65. The lowest BCUT2D eigenvalue weighted by Crippen LogP contribution is -2.14. The minimum Gasteiger partial charge on any atom is -0.389 e. The summed E-state index contributed by atoms with van der Waals surface area (Å²) in [6.45, 7) is 1.34. The largest absolute Gasteiger partial charge is 0.389 e. The first-order chi connectivity index (χ1) is 7.65. The topological polar surface area (TPSA) is 44.5 Å². The first kappa shape index (κ1) is 13.0. The van der Waals surface area contributed by atoms with E-state index in [0.717, 1.165) is 5.56 Å². The number of hydrogen-bond acceptors (Lipinski definition) is 3. The van der Waals surface area contributed by atoms with E-state index in [1.165, 1.54) is 12.1 Å². The van der Waals surface area contributed by atoms with Crippen LogP contribution in [0, 0.1) is 5.82 Å². The molecule has 0 aliphatic rings. The van der Waals surface area contributed by atoms with Gasteiger partial charge in [-0.25, -0.2) is 4.39 Å². The summed E-state index contributed by atoms with van der Waals surface area (Å²) in [4.78, 5) is 0.171. The number of halogens is 1. The predicted octanol–water partition coefficient (Wildman–Crippen LogP) is 1.62. The zero-order valence-electron chi connectivity index (χ0n) is 9.03. The fourth-order valence-electron chi connectivity index (χ4n) is 1.23. The number of thiocarbonyl (C=S) groups is 1. The van der Waals surface area contributed by atoms with Crippen molar-refractivity contribution < 1.29 is 13.9 Å². The Hall–Kier alpha value is -1.04. The molecule has 1 aromatic rings. The van der Waals surface area contributed by atoms with Crippen molar-refractivity contribution in [3.05, 3.63) is 35.1 Å². The van der Waals surface area contributed by atoms with Crippen molar-refractivity contribution in [3.8, 4) is 0 Å². The summed E-state index contributed by atoms with van der Waals surface area (Å²) < 4.78 is 23.1. The molecule has 0 fully saturated rings. The van der Waals surface area contributed by atoms with Gasteiger partial charge in [0.25, 0.3) is 0 Å². The van der Waals surface area contributed by atoms with Crippen LogP contribution >= 0.6 is 12.2 Å². The van der Waals surface area contributed by atoms with E-state index in [2.05, 4.69) is 0 Å². The van der Waals surface area contributed by atoms with Gasteiger partial charge in [-0.2, -0.15) is 0 Å². The Labute approximate surface area is 99.3 Å². The lowest BCUT2D eigenvalue weighted by Gasteiger charge is -2.09. The summed E-state index contributed by atoms with van der Waals surface area (Å²) in [5.74, 6) is -0.358. The molecule has 0 saturated heterocycles. The molecule has 2 N–H and O–H groups in total. The van der Waals surface area contributed by atoms with Crippen LogP contribution in [-0.2, 0) is 16.1 Å². The average molecular weight is 243 g/mol. The molecule has 16 heavy (non-hydrogen) atoms. The van der Waals surface area contributed by atoms with Crippen LogP contribution < -0.4 is 5.73 Å². The monoisotopic (exact) mass is 243 g/mol. The van der Waals surface area contributed by atoms with Gasteiger partial charge in [-0.3, -0.25) is 0 Å². The molecule has 5 heteroatoms. The Morgan fingerprint density at radius 2 is 2.19 bits per heavy atom. The minimum absolute atomic E-state index is 0.171. The summed E-state index contributed by atoms with van der Waals surface area (Å²) in [5, 5.41) is 0. The van der Waals surface area contributed by atoms with Crippen molar-refractivity contribution in [1.29, 1.82) is 0 Å². The second kappa shape index (κ2) is 6.52. The van der Waals surface area contributed by atoms with E-state index in [4.69, 9.17) is 27.4 Å². The molecule has 0 aromatic heterocycles. The van der Waals surface area contributed by atoms with Gasteiger partial charge in [0.2, 0.25) is 0 Å². The minimum atomic E-state index is -0.358. The number of hydrogen-bond donors (Lipinski definition) is 1. The van der Waals surface area contributed by atoms with Crippen molar-refractivity contribution in [2.45, 2.75) is 6.61 Å². The Morgan fingerprint density at radius 3 is 2.81 bits per heavy atom. The summed E-state index contributed by atoms with van der Waals surface area (Å²) >= 11 is 4.84. The zero-order chi connectivity index (χ0) is 12.0. The number of methoxy groups -OCH3 is 1. The van der Waals surface area contributed by atoms with Crippen LogP contribution in [0.2, 0.25) is 0 Å². The fraction of sp³-hybridized carbons (Fsp3) is 0.364. The Morgan fingerprint density at radius 1 is 1.44 bits per heavy atom. The fourth-order valence-corrected chi connectivity index (χ4v) is 1.42. The lowest BCUT2D eigenvalue weighted by molar-refractivity contribution is 0.0616. The van der Waals surface area contributed by atoms with Crippen LogP contribution in [-0.4, -0.2) is 25.3 Å². The highest BCUT2D eigenvalue weighted by Crippen LogP contribution is 2.12. The molecule has 0 amide bonds. The van der Waals surface area contributed by atoms with Crippen molar-refractivity contribution in [1.82, 2.24) is 0 Å². The number of rotatable bonds is 6. The standard InChI is InChI=1S/C11H14FNO2S/c1-14-4-5-15-7-8-2-3-9(12)6-10(8)11(13)16/h2-3,6H,4-5,7H2,1H3,(H2,13,16). The summed E-state index contributed by atoms with van der Waals surface area (Å²) in [5.41, 5.74) is 6.80. The van der Waals surface area contributed by atoms with Gasteiger partial charge >= 0.3 is 0 Å². The molecule has 1 rings (SSSR count). The number of benzene rings is 1. The number of ether oxygens (including phenoxy) is 2. The van der Waals surface area contributed by atoms with E-state index in [0.29, 0.717) is 25.4 Å². The lowest BCUT2D eigenvalue weighted by atomic mass is 10.1. The summed E-state index contributed by atoms with van der Waals surface area (Å²) in [6.07, 6.45) is 0. The van der Waals surface area contributed by atoms with Crippen LogP contribution in [0.25, 0.3) is 0 Å². The third kappa shape index (κ3) is 3.84. The molecule has 0 unspecified atom stereocenters. The summed E-state index contributed by atoms with van der Waals surface area (Å²) in [6, 6.07) is 4.30. The molecule has 0 bridgehead atoms. The van der Waals surface area contributed by atoms with E-state index in [9.17, 15) is 4.39 Å². The Kier molecular flexibility index (Phi) is 5.31. The van der Waals surface area contributed by atoms with Gasteiger partial charge in [0.15, 0.2) is 0 Å². The molecule has 0 heterocycles. The van der Waals surface area contributed by atoms with E-state index in [-0.39, 0.29) is 10.8 Å². The molecule has 0 spiro atoms. The third-order valence-corrected chi connectivity index (χ3v) is 2.25. The molecule has 0 aliphatic heterocycles. The van der Waals surface area contributed by atoms with Gasteiger partial charge in [-0.1, -0.05) is 18.3 Å². The first-order valence-electron chi connectivity index (χ1n) is 4.80. The second-order valence-electron chi connectivity index (χ2n) is 3.21. The molecular formula is C11H14FNO2S. The van der Waals surface area contributed by atoms with Gasteiger partial charge in [0.05, 0.1) is 19.8 Å². The number of nitrogens with two attached hydrogens (primary N) is 1. The van der Waals surface area contributed by atoms with Crippen LogP contribution in [0.3, 0.4) is 0 Å². The first-order valence-corrected chi connectivity index (χ1v) is 5.21. The van der Waals surface area contributed by atoms with E-state index >= 15 is 0 Å². The third-order valence-electron chi connectivity index (χ3n) is 2.03.